The van der Waals surface area contributed by atoms with Crippen LogP contribution >= 0.6 is 0 Å². The largest absolute Gasteiger partial charge is 0.347 e. The monoisotopic (exact) mass is 329 g/mol. The number of aryl methyl sites for hydroxylation is 2. The Morgan fingerprint density at radius 1 is 1.25 bits per heavy atom. The Labute approximate surface area is 141 Å². The molecule has 0 unspecified atom stereocenters. The summed E-state index contributed by atoms with van der Waals surface area (Å²) < 4.78 is 13.5. The van der Waals surface area contributed by atoms with Crippen LogP contribution in [-0.4, -0.2) is 52.4 Å². The first-order chi connectivity index (χ1) is 11.6. The van der Waals surface area contributed by atoms with Gasteiger partial charge in [0.05, 0.1) is 30.7 Å². The molecular weight excluding hydrogens is 306 g/mol. The second-order valence-electron chi connectivity index (χ2n) is 6.71. The van der Waals surface area contributed by atoms with E-state index < -0.39 is 5.79 Å². The molecule has 0 aliphatic carbocycles. The first-order valence-electron chi connectivity index (χ1n) is 8.54. The average molecular weight is 329 g/mol. The van der Waals surface area contributed by atoms with E-state index in [2.05, 4.69) is 9.55 Å². The number of rotatable bonds is 2. The molecule has 3 heterocycles. The van der Waals surface area contributed by atoms with Gasteiger partial charge in [-0.2, -0.15) is 0 Å². The highest BCUT2D eigenvalue weighted by molar-refractivity contribution is 5.82. The third kappa shape index (κ3) is 2.70. The lowest BCUT2D eigenvalue weighted by molar-refractivity contribution is -0.187. The van der Waals surface area contributed by atoms with E-state index >= 15 is 0 Å². The van der Waals surface area contributed by atoms with Crippen LogP contribution in [0.1, 0.15) is 24.2 Å². The maximum Gasteiger partial charge on any atom is 0.226 e. The Morgan fingerprint density at radius 2 is 1.96 bits per heavy atom. The van der Waals surface area contributed by atoms with Gasteiger partial charge in [-0.05, 0) is 24.6 Å². The van der Waals surface area contributed by atoms with Gasteiger partial charge in [0.15, 0.2) is 5.79 Å². The minimum absolute atomic E-state index is 0.162. The normalized spacial score (nSPS) is 20.2. The number of fused-ring (bicyclic) bond motifs is 1. The molecule has 1 spiro atoms. The molecule has 2 aliphatic rings. The third-order valence-corrected chi connectivity index (χ3v) is 5.22. The van der Waals surface area contributed by atoms with Crippen molar-refractivity contribution in [3.05, 3.63) is 29.6 Å². The summed E-state index contributed by atoms with van der Waals surface area (Å²) in [6.45, 7) is 4.71. The molecule has 2 saturated heterocycles. The molecule has 1 amide bonds. The van der Waals surface area contributed by atoms with Crippen LogP contribution in [0.25, 0.3) is 11.0 Å². The molecule has 0 saturated carbocycles. The van der Waals surface area contributed by atoms with Gasteiger partial charge >= 0.3 is 0 Å². The van der Waals surface area contributed by atoms with Gasteiger partial charge in [0, 0.05) is 33.0 Å². The lowest BCUT2D eigenvalue weighted by atomic mass is 10.0. The first-order valence-corrected chi connectivity index (χ1v) is 8.54. The molecule has 4 rings (SSSR count). The minimum atomic E-state index is -0.429. The maximum atomic E-state index is 12.6. The number of hydrogen-bond donors (Lipinski definition) is 0. The van der Waals surface area contributed by atoms with Gasteiger partial charge in [-0.25, -0.2) is 4.98 Å². The fraction of sp³-hybridized carbons (Fsp3) is 0.556. The predicted molar refractivity (Wildman–Crippen MR) is 89.6 cm³/mol. The molecule has 0 bridgehead atoms. The first kappa shape index (κ1) is 15.6. The summed E-state index contributed by atoms with van der Waals surface area (Å²) in [5.41, 5.74) is 3.06. The van der Waals surface area contributed by atoms with Crippen molar-refractivity contribution in [3.63, 3.8) is 0 Å². The summed E-state index contributed by atoms with van der Waals surface area (Å²) >= 11 is 0. The van der Waals surface area contributed by atoms with E-state index in [4.69, 9.17) is 9.47 Å². The van der Waals surface area contributed by atoms with Crippen LogP contribution in [0.4, 0.5) is 0 Å². The summed E-state index contributed by atoms with van der Waals surface area (Å²) in [5, 5.41) is 0. The smallest absolute Gasteiger partial charge is 0.226 e. The fourth-order valence-corrected chi connectivity index (χ4v) is 3.64. The van der Waals surface area contributed by atoms with E-state index in [1.165, 1.54) is 0 Å². The molecule has 0 atom stereocenters. The number of carbonyl (C=O) groups excluding carboxylic acids is 1. The summed E-state index contributed by atoms with van der Waals surface area (Å²) in [4.78, 5) is 19.1. The van der Waals surface area contributed by atoms with Crippen molar-refractivity contribution in [2.24, 2.45) is 7.05 Å². The van der Waals surface area contributed by atoms with Gasteiger partial charge < -0.3 is 18.9 Å². The highest BCUT2D eigenvalue weighted by Gasteiger charge is 2.40. The molecule has 1 aromatic heterocycles. The van der Waals surface area contributed by atoms with E-state index in [1.807, 2.05) is 37.1 Å². The van der Waals surface area contributed by atoms with Crippen molar-refractivity contribution in [1.82, 2.24) is 14.5 Å². The number of imidazole rings is 1. The molecule has 6 heteroatoms. The SMILES string of the molecule is Cc1nc2cc(CC(=O)N3CCC4(CC3)OCCO4)ccc2n1C. The summed E-state index contributed by atoms with van der Waals surface area (Å²) in [5.74, 6) is 0.711. The number of hydrogen-bond acceptors (Lipinski definition) is 4. The highest BCUT2D eigenvalue weighted by Crippen LogP contribution is 2.31. The Kier molecular flexibility index (Phi) is 3.81. The maximum absolute atomic E-state index is 12.6. The highest BCUT2D eigenvalue weighted by atomic mass is 16.7. The second-order valence-corrected chi connectivity index (χ2v) is 6.71. The standard InChI is InChI=1S/C18H23N3O3/c1-13-19-15-11-14(3-4-16(15)20(13)2)12-17(22)21-7-5-18(6-8-21)23-9-10-24-18/h3-4,11H,5-10,12H2,1-2H3. The third-order valence-electron chi connectivity index (χ3n) is 5.22. The topological polar surface area (TPSA) is 56.6 Å². The van der Waals surface area contributed by atoms with Crippen molar-refractivity contribution in [2.45, 2.75) is 32.0 Å². The Morgan fingerprint density at radius 3 is 2.67 bits per heavy atom. The number of amides is 1. The molecule has 0 radical (unpaired) electrons. The van der Waals surface area contributed by atoms with Gasteiger partial charge in [-0.15, -0.1) is 0 Å². The number of nitrogens with zero attached hydrogens (tertiary/aromatic N) is 3. The zero-order valence-electron chi connectivity index (χ0n) is 14.2. The Bertz CT molecular complexity index is 767. The van der Waals surface area contributed by atoms with Crippen LogP contribution in [0.15, 0.2) is 18.2 Å². The molecular formula is C18H23N3O3. The summed E-state index contributed by atoms with van der Waals surface area (Å²) in [6, 6.07) is 6.09. The molecule has 2 fully saturated rings. The van der Waals surface area contributed by atoms with Gasteiger partial charge in [0.2, 0.25) is 5.91 Å². The van der Waals surface area contributed by atoms with E-state index in [9.17, 15) is 4.79 Å². The zero-order chi connectivity index (χ0) is 16.7. The number of piperidine rings is 1. The lowest BCUT2D eigenvalue weighted by Gasteiger charge is -2.37. The quantitative estimate of drug-likeness (QED) is 0.843. The van der Waals surface area contributed by atoms with E-state index in [0.717, 1.165) is 35.3 Å². The zero-order valence-corrected chi connectivity index (χ0v) is 14.2. The van der Waals surface area contributed by atoms with Crippen LogP contribution in [0.5, 0.6) is 0 Å². The van der Waals surface area contributed by atoms with Crippen LogP contribution in [0, 0.1) is 6.92 Å². The lowest BCUT2D eigenvalue weighted by Crippen LogP contribution is -2.47. The van der Waals surface area contributed by atoms with E-state index in [0.29, 0.717) is 32.7 Å². The summed E-state index contributed by atoms with van der Waals surface area (Å²) in [7, 11) is 2.01. The molecule has 24 heavy (non-hydrogen) atoms. The van der Waals surface area contributed by atoms with Crippen molar-refractivity contribution < 1.29 is 14.3 Å². The Hall–Kier alpha value is -1.92. The van der Waals surface area contributed by atoms with Gasteiger partial charge in [-0.3, -0.25) is 4.79 Å². The van der Waals surface area contributed by atoms with Crippen LogP contribution < -0.4 is 0 Å². The molecule has 2 aliphatic heterocycles. The fourth-order valence-electron chi connectivity index (χ4n) is 3.64. The number of ether oxygens (including phenoxy) is 2. The average Bonchev–Trinajstić information content (AvgIpc) is 3.13. The molecule has 2 aromatic rings. The second kappa shape index (κ2) is 5.86. The predicted octanol–water partition coefficient (Wildman–Crippen LogP) is 1.79. The van der Waals surface area contributed by atoms with Crippen LogP contribution in [0.3, 0.4) is 0 Å². The van der Waals surface area contributed by atoms with Gasteiger partial charge in [-0.1, -0.05) is 6.07 Å². The van der Waals surface area contributed by atoms with E-state index in [-0.39, 0.29) is 5.91 Å². The van der Waals surface area contributed by atoms with Crippen LogP contribution in [-0.2, 0) is 27.7 Å². The number of aromatic nitrogens is 2. The number of carbonyl (C=O) groups is 1. The van der Waals surface area contributed by atoms with Crippen LogP contribution in [0.2, 0.25) is 0 Å². The van der Waals surface area contributed by atoms with Crippen molar-refractivity contribution in [3.8, 4) is 0 Å². The molecule has 128 valence electrons. The number of benzene rings is 1. The minimum Gasteiger partial charge on any atom is -0.347 e. The van der Waals surface area contributed by atoms with Gasteiger partial charge in [0.1, 0.15) is 5.82 Å². The van der Waals surface area contributed by atoms with Crippen molar-refractivity contribution in [1.29, 1.82) is 0 Å². The van der Waals surface area contributed by atoms with Crippen molar-refractivity contribution in [2.75, 3.05) is 26.3 Å². The number of likely N-dealkylation sites (tertiary alicyclic amines) is 1. The summed E-state index contributed by atoms with van der Waals surface area (Å²) in [6.07, 6.45) is 1.94. The molecule has 6 nitrogen and oxygen atoms in total. The van der Waals surface area contributed by atoms with Crippen molar-refractivity contribution >= 4 is 16.9 Å². The van der Waals surface area contributed by atoms with E-state index in [1.54, 1.807) is 0 Å². The van der Waals surface area contributed by atoms with Gasteiger partial charge in [0.25, 0.3) is 0 Å². The molecule has 0 N–H and O–H groups in total. The Balaban J connectivity index is 1.43. The molecule has 1 aromatic carbocycles.